The number of rotatable bonds is 12. The van der Waals surface area contributed by atoms with Gasteiger partial charge in [-0.15, -0.1) is 0 Å². The Balaban J connectivity index is 1.49. The number of urea groups is 1. The highest BCUT2D eigenvalue weighted by Crippen LogP contribution is 2.34. The van der Waals surface area contributed by atoms with E-state index in [-0.39, 0.29) is 23.8 Å². The van der Waals surface area contributed by atoms with Gasteiger partial charge in [0.25, 0.3) is 17.7 Å². The molecule has 218 valence electrons. The van der Waals surface area contributed by atoms with Crippen molar-refractivity contribution in [1.82, 2.24) is 5.32 Å². The molecule has 0 bridgehead atoms. The number of carbonyl (C=O) groups excluding carboxylic acids is 4. The highest BCUT2D eigenvalue weighted by atomic mass is 16.5. The number of anilines is 2. The van der Waals surface area contributed by atoms with Crippen LogP contribution < -0.4 is 34.5 Å². The predicted octanol–water partition coefficient (Wildman–Crippen LogP) is 4.57. The Hall–Kier alpha value is -5.32. The van der Waals surface area contributed by atoms with Crippen molar-refractivity contribution < 1.29 is 38.1 Å². The molecule has 11 heteroatoms. The maximum atomic E-state index is 13.4. The number of nitrogens with one attached hydrogen (secondary N) is 2. The van der Waals surface area contributed by atoms with Gasteiger partial charge >= 0.3 is 6.03 Å². The zero-order valence-corrected chi connectivity index (χ0v) is 23.5. The van der Waals surface area contributed by atoms with E-state index in [0.29, 0.717) is 47.5 Å². The molecule has 42 heavy (non-hydrogen) atoms. The van der Waals surface area contributed by atoms with E-state index >= 15 is 0 Å². The second-order valence-electron chi connectivity index (χ2n) is 9.01. The first kappa shape index (κ1) is 29.7. The molecule has 0 radical (unpaired) electrons. The summed E-state index contributed by atoms with van der Waals surface area (Å²) >= 11 is 0. The van der Waals surface area contributed by atoms with Gasteiger partial charge in [0.1, 0.15) is 17.1 Å². The van der Waals surface area contributed by atoms with Crippen molar-refractivity contribution in [3.05, 3.63) is 77.9 Å². The molecule has 1 fully saturated rings. The van der Waals surface area contributed by atoms with Gasteiger partial charge in [0, 0.05) is 11.8 Å². The number of benzene rings is 3. The molecule has 0 spiro atoms. The Morgan fingerprint density at radius 3 is 2.40 bits per heavy atom. The van der Waals surface area contributed by atoms with Gasteiger partial charge in [0.15, 0.2) is 18.1 Å². The van der Waals surface area contributed by atoms with Gasteiger partial charge < -0.3 is 24.3 Å². The number of methoxy groups -OCH3 is 1. The fourth-order valence-corrected chi connectivity index (χ4v) is 4.01. The number of ether oxygens (including phenoxy) is 4. The first-order valence-corrected chi connectivity index (χ1v) is 13.3. The summed E-state index contributed by atoms with van der Waals surface area (Å²) in [6, 6.07) is 17.2. The molecule has 1 aliphatic rings. The van der Waals surface area contributed by atoms with Crippen molar-refractivity contribution in [2.45, 2.75) is 20.3 Å². The highest BCUT2D eigenvalue weighted by molar-refractivity contribution is 6.39. The molecular weight excluding hydrogens is 542 g/mol. The summed E-state index contributed by atoms with van der Waals surface area (Å²) in [4.78, 5) is 52.0. The van der Waals surface area contributed by atoms with Crippen LogP contribution >= 0.6 is 0 Å². The number of amides is 5. The summed E-state index contributed by atoms with van der Waals surface area (Å²) in [6.45, 7) is 4.32. The number of hydrogen-bond donors (Lipinski definition) is 2. The van der Waals surface area contributed by atoms with Crippen LogP contribution in [0.5, 0.6) is 23.0 Å². The van der Waals surface area contributed by atoms with E-state index in [4.69, 9.17) is 18.9 Å². The summed E-state index contributed by atoms with van der Waals surface area (Å²) in [5, 5.41) is 4.93. The van der Waals surface area contributed by atoms with Crippen molar-refractivity contribution in [2.75, 3.05) is 37.1 Å². The number of barbiturate groups is 1. The lowest BCUT2D eigenvalue weighted by Gasteiger charge is -2.27. The molecule has 5 amide bonds. The lowest BCUT2D eigenvalue weighted by Crippen LogP contribution is -2.54. The van der Waals surface area contributed by atoms with E-state index in [1.165, 1.54) is 12.1 Å². The number of imide groups is 2. The highest BCUT2D eigenvalue weighted by Gasteiger charge is 2.37. The van der Waals surface area contributed by atoms with Gasteiger partial charge in [0.05, 0.1) is 26.0 Å². The summed E-state index contributed by atoms with van der Waals surface area (Å²) in [7, 11) is 1.55. The Kier molecular flexibility index (Phi) is 9.77. The molecule has 11 nitrogen and oxygen atoms in total. The van der Waals surface area contributed by atoms with Crippen LogP contribution in [0.25, 0.3) is 6.08 Å². The van der Waals surface area contributed by atoms with Crippen LogP contribution in [0.2, 0.25) is 0 Å². The van der Waals surface area contributed by atoms with Crippen LogP contribution in [0.1, 0.15) is 25.8 Å². The van der Waals surface area contributed by atoms with Gasteiger partial charge in [-0.05, 0) is 73.5 Å². The van der Waals surface area contributed by atoms with Crippen molar-refractivity contribution >= 4 is 41.2 Å². The molecular formula is C31H31N3O8. The summed E-state index contributed by atoms with van der Waals surface area (Å²) < 4.78 is 22.1. The molecule has 1 saturated heterocycles. The van der Waals surface area contributed by atoms with Crippen molar-refractivity contribution in [3.63, 3.8) is 0 Å². The van der Waals surface area contributed by atoms with Crippen molar-refractivity contribution in [3.8, 4) is 23.0 Å². The van der Waals surface area contributed by atoms with E-state index in [1.807, 2.05) is 6.92 Å². The molecule has 3 aromatic carbocycles. The van der Waals surface area contributed by atoms with Gasteiger partial charge in [0.2, 0.25) is 0 Å². The summed E-state index contributed by atoms with van der Waals surface area (Å²) in [6.07, 6.45) is 2.14. The lowest BCUT2D eigenvalue weighted by molar-refractivity contribution is -0.122. The third kappa shape index (κ3) is 7.25. The average molecular weight is 574 g/mol. The Bertz CT molecular complexity index is 1500. The summed E-state index contributed by atoms with van der Waals surface area (Å²) in [5.41, 5.74) is 0.992. The van der Waals surface area contributed by atoms with Crippen LogP contribution in [0.4, 0.5) is 16.2 Å². The number of nitrogens with zero attached hydrogens (tertiary/aromatic N) is 1. The van der Waals surface area contributed by atoms with Gasteiger partial charge in [-0.2, -0.15) is 0 Å². The van der Waals surface area contributed by atoms with Crippen LogP contribution in [0, 0.1) is 0 Å². The molecule has 0 aliphatic carbocycles. The molecule has 0 aromatic heterocycles. The first-order valence-electron chi connectivity index (χ1n) is 13.3. The van der Waals surface area contributed by atoms with Crippen LogP contribution in [-0.4, -0.2) is 50.7 Å². The maximum absolute atomic E-state index is 13.4. The third-order valence-corrected chi connectivity index (χ3v) is 5.96. The number of hydrogen-bond acceptors (Lipinski definition) is 8. The Morgan fingerprint density at radius 1 is 0.905 bits per heavy atom. The molecule has 0 atom stereocenters. The molecule has 4 rings (SSSR count). The fourth-order valence-electron chi connectivity index (χ4n) is 4.01. The zero-order chi connectivity index (χ0) is 30.1. The minimum absolute atomic E-state index is 0.211. The van der Waals surface area contributed by atoms with E-state index in [0.717, 1.165) is 11.3 Å². The molecule has 3 aromatic rings. The van der Waals surface area contributed by atoms with E-state index in [9.17, 15) is 19.2 Å². The SMILES string of the molecule is CCCOc1ccc(N2C(=O)NC(=O)/C(=C\c3cccc(OCC(=O)Nc4ccc(OC)cc4)c3)C2=O)cc1OCC. The van der Waals surface area contributed by atoms with Crippen molar-refractivity contribution in [2.24, 2.45) is 0 Å². The zero-order valence-electron chi connectivity index (χ0n) is 23.5. The van der Waals surface area contributed by atoms with Crippen molar-refractivity contribution in [1.29, 1.82) is 0 Å². The normalized spacial score (nSPS) is 13.9. The molecule has 1 heterocycles. The smallest absolute Gasteiger partial charge is 0.335 e. The van der Waals surface area contributed by atoms with Crippen LogP contribution in [-0.2, 0) is 14.4 Å². The molecule has 0 saturated carbocycles. The van der Waals surface area contributed by atoms with Gasteiger partial charge in [-0.25, -0.2) is 9.69 Å². The molecule has 2 N–H and O–H groups in total. The van der Waals surface area contributed by atoms with E-state index in [2.05, 4.69) is 10.6 Å². The Labute approximate surface area is 243 Å². The quantitative estimate of drug-likeness (QED) is 0.238. The average Bonchev–Trinajstić information content (AvgIpc) is 2.98. The van der Waals surface area contributed by atoms with E-state index < -0.39 is 17.8 Å². The maximum Gasteiger partial charge on any atom is 0.335 e. The standard InChI is InChI=1S/C31H31N3O8/c1-4-15-41-26-14-11-22(18-27(26)40-5-2)34-30(37)25(29(36)33-31(34)38)17-20-7-6-8-24(16-20)42-19-28(35)32-21-9-12-23(39-3)13-10-21/h6-14,16-18H,4-5,15,19H2,1-3H3,(H,32,35)(H,33,36,38)/b25-17+. The topological polar surface area (TPSA) is 132 Å². The minimum atomic E-state index is -0.883. The third-order valence-electron chi connectivity index (χ3n) is 5.96. The van der Waals surface area contributed by atoms with E-state index in [1.54, 1.807) is 74.7 Å². The molecule has 1 aliphatic heterocycles. The monoisotopic (exact) mass is 573 g/mol. The summed E-state index contributed by atoms with van der Waals surface area (Å²) in [5.74, 6) is -0.163. The van der Waals surface area contributed by atoms with Gasteiger partial charge in [-0.1, -0.05) is 19.1 Å². The first-order chi connectivity index (χ1) is 20.3. The predicted molar refractivity (Wildman–Crippen MR) is 156 cm³/mol. The van der Waals surface area contributed by atoms with Crippen LogP contribution in [0.3, 0.4) is 0 Å². The lowest BCUT2D eigenvalue weighted by atomic mass is 10.1. The second-order valence-corrected chi connectivity index (χ2v) is 9.01. The fraction of sp³-hybridized carbons (Fsp3) is 0.226. The van der Waals surface area contributed by atoms with Crippen LogP contribution in [0.15, 0.2) is 72.3 Å². The van der Waals surface area contributed by atoms with Gasteiger partial charge in [-0.3, -0.25) is 19.7 Å². The minimum Gasteiger partial charge on any atom is -0.497 e. The second kappa shape index (κ2) is 13.8. The Morgan fingerprint density at radius 2 is 1.69 bits per heavy atom. The largest absolute Gasteiger partial charge is 0.497 e. The number of carbonyl (C=O) groups is 4. The molecule has 0 unspecified atom stereocenters.